The standard InChI is InChI=1S/C54H105NO6/c1-10-13-16-19-22-23-26-31-39-48(38-30-25-21-18-15-12-3)47-60-52(58)54(6,7)44-35-29-33-41-49(61-50(56)42-37-45-55(8)9)40-32-28-34-43-53(4,5)51(57)59-46-36-27-24-20-17-14-11-2/h48-49H,10-47H2,1-9H3. The van der Waals surface area contributed by atoms with Crippen LogP contribution in [0.3, 0.4) is 0 Å². The molecule has 7 nitrogen and oxygen atoms in total. The SMILES string of the molecule is CCCCCCCCCCC(CCCCCCCC)COC(=O)C(C)(C)CCCCCC(CCCCCC(C)(C)C(=O)OCCCCCCCCC)OC(=O)CCCN(C)C. The average Bonchev–Trinajstić information content (AvgIpc) is 3.21. The van der Waals surface area contributed by atoms with Crippen molar-refractivity contribution in [1.29, 1.82) is 0 Å². The van der Waals surface area contributed by atoms with Crippen molar-refractivity contribution in [2.24, 2.45) is 16.7 Å². The molecule has 0 N–H and O–H groups in total. The van der Waals surface area contributed by atoms with Gasteiger partial charge < -0.3 is 19.1 Å². The Morgan fingerprint density at radius 1 is 0.459 bits per heavy atom. The van der Waals surface area contributed by atoms with Gasteiger partial charge in [-0.3, -0.25) is 14.4 Å². The first-order chi connectivity index (χ1) is 29.3. The van der Waals surface area contributed by atoms with Gasteiger partial charge in [-0.05, 0) is 118 Å². The van der Waals surface area contributed by atoms with Gasteiger partial charge in [0.25, 0.3) is 0 Å². The number of hydrogen-bond donors (Lipinski definition) is 0. The molecule has 0 saturated carbocycles. The van der Waals surface area contributed by atoms with E-state index in [1.165, 1.54) is 135 Å². The van der Waals surface area contributed by atoms with Gasteiger partial charge in [0.15, 0.2) is 0 Å². The van der Waals surface area contributed by atoms with Gasteiger partial charge in [-0.25, -0.2) is 0 Å². The van der Waals surface area contributed by atoms with Gasteiger partial charge in [0.1, 0.15) is 6.10 Å². The van der Waals surface area contributed by atoms with E-state index in [4.69, 9.17) is 14.2 Å². The normalized spacial score (nSPS) is 13.1. The maximum Gasteiger partial charge on any atom is 0.311 e. The minimum Gasteiger partial charge on any atom is -0.465 e. The molecule has 0 spiro atoms. The van der Waals surface area contributed by atoms with Crippen molar-refractivity contribution in [2.75, 3.05) is 33.9 Å². The second-order valence-corrected chi connectivity index (χ2v) is 20.5. The first-order valence-electron chi connectivity index (χ1n) is 26.5. The molecule has 0 saturated heterocycles. The molecule has 0 bridgehead atoms. The monoisotopic (exact) mass is 864 g/mol. The fourth-order valence-corrected chi connectivity index (χ4v) is 8.38. The number of nitrogens with zero attached hydrogens (tertiary/aromatic N) is 1. The molecule has 0 aliphatic rings. The highest BCUT2D eigenvalue weighted by Crippen LogP contribution is 2.29. The summed E-state index contributed by atoms with van der Waals surface area (Å²) >= 11 is 0. The summed E-state index contributed by atoms with van der Waals surface area (Å²) in [6, 6.07) is 0. The third-order valence-corrected chi connectivity index (χ3v) is 12.9. The van der Waals surface area contributed by atoms with E-state index in [-0.39, 0.29) is 24.0 Å². The molecule has 0 aliphatic heterocycles. The van der Waals surface area contributed by atoms with Crippen LogP contribution in [0, 0.1) is 16.7 Å². The number of rotatable bonds is 45. The number of esters is 3. The van der Waals surface area contributed by atoms with E-state index in [9.17, 15) is 14.4 Å². The van der Waals surface area contributed by atoms with Crippen LogP contribution in [0.25, 0.3) is 0 Å². The average molecular weight is 864 g/mol. The van der Waals surface area contributed by atoms with E-state index in [0.717, 1.165) is 90.0 Å². The van der Waals surface area contributed by atoms with Crippen molar-refractivity contribution in [3.05, 3.63) is 0 Å². The van der Waals surface area contributed by atoms with Crippen molar-refractivity contribution >= 4 is 17.9 Å². The first kappa shape index (κ1) is 59.4. The fraction of sp³-hybridized carbons (Fsp3) is 0.944. The number of unbranched alkanes of at least 4 members (excludes halogenated alkanes) is 22. The largest absolute Gasteiger partial charge is 0.465 e. The second-order valence-electron chi connectivity index (χ2n) is 20.5. The molecule has 0 aromatic heterocycles. The van der Waals surface area contributed by atoms with Crippen LogP contribution < -0.4 is 0 Å². The van der Waals surface area contributed by atoms with Crippen LogP contribution in [0.5, 0.6) is 0 Å². The minimum absolute atomic E-state index is 0.0505. The van der Waals surface area contributed by atoms with E-state index in [0.29, 0.717) is 25.6 Å². The Kier molecular flexibility index (Phi) is 38.9. The second kappa shape index (κ2) is 39.9. The van der Waals surface area contributed by atoms with Crippen LogP contribution in [-0.4, -0.2) is 62.8 Å². The van der Waals surface area contributed by atoms with Gasteiger partial charge in [-0.15, -0.1) is 0 Å². The molecule has 2 unspecified atom stereocenters. The molecule has 61 heavy (non-hydrogen) atoms. The Balaban J connectivity index is 4.84. The highest BCUT2D eigenvalue weighted by Gasteiger charge is 2.30. The summed E-state index contributed by atoms with van der Waals surface area (Å²) in [7, 11) is 4.05. The van der Waals surface area contributed by atoms with Crippen LogP contribution in [0.2, 0.25) is 0 Å². The molecule has 0 radical (unpaired) electrons. The van der Waals surface area contributed by atoms with Gasteiger partial charge in [0, 0.05) is 6.42 Å². The molecular formula is C54H105NO6. The lowest BCUT2D eigenvalue weighted by Crippen LogP contribution is -2.28. The number of carbonyl (C=O) groups excluding carboxylic acids is 3. The van der Waals surface area contributed by atoms with E-state index >= 15 is 0 Å². The van der Waals surface area contributed by atoms with E-state index in [2.05, 4.69) is 25.7 Å². The molecule has 0 amide bonds. The van der Waals surface area contributed by atoms with Gasteiger partial charge >= 0.3 is 17.9 Å². The summed E-state index contributed by atoms with van der Waals surface area (Å²) in [5.74, 6) is 0.241. The minimum atomic E-state index is -0.504. The van der Waals surface area contributed by atoms with Crippen LogP contribution in [0.1, 0.15) is 273 Å². The lowest BCUT2D eigenvalue weighted by Gasteiger charge is -2.25. The highest BCUT2D eigenvalue weighted by atomic mass is 16.5. The maximum atomic E-state index is 13.4. The predicted octanol–water partition coefficient (Wildman–Crippen LogP) is 15.9. The Morgan fingerprint density at radius 2 is 0.836 bits per heavy atom. The van der Waals surface area contributed by atoms with E-state index in [1.54, 1.807) is 0 Å². The highest BCUT2D eigenvalue weighted by molar-refractivity contribution is 5.76. The summed E-state index contributed by atoms with van der Waals surface area (Å²) < 4.78 is 17.8. The van der Waals surface area contributed by atoms with Gasteiger partial charge in [-0.1, -0.05) is 175 Å². The maximum absolute atomic E-state index is 13.4. The first-order valence-corrected chi connectivity index (χ1v) is 26.5. The summed E-state index contributed by atoms with van der Waals surface area (Å²) in [4.78, 5) is 41.2. The fourth-order valence-electron chi connectivity index (χ4n) is 8.38. The van der Waals surface area contributed by atoms with Gasteiger partial charge in [-0.2, -0.15) is 0 Å². The summed E-state index contributed by atoms with van der Waals surface area (Å²) in [5.41, 5.74) is -0.989. The van der Waals surface area contributed by atoms with Crippen LogP contribution >= 0.6 is 0 Å². The third-order valence-electron chi connectivity index (χ3n) is 12.9. The Bertz CT molecular complexity index is 1030. The number of ether oxygens (including phenoxy) is 3. The topological polar surface area (TPSA) is 82.1 Å². The predicted molar refractivity (Wildman–Crippen MR) is 260 cm³/mol. The lowest BCUT2D eigenvalue weighted by molar-refractivity contribution is -0.156. The van der Waals surface area contributed by atoms with Crippen molar-refractivity contribution in [3.8, 4) is 0 Å². The van der Waals surface area contributed by atoms with Crippen LogP contribution in [0.15, 0.2) is 0 Å². The molecule has 0 aromatic rings. The molecule has 0 aliphatic carbocycles. The van der Waals surface area contributed by atoms with Crippen molar-refractivity contribution in [1.82, 2.24) is 4.90 Å². The number of hydrogen-bond acceptors (Lipinski definition) is 7. The molecule has 0 rings (SSSR count). The molecule has 0 fully saturated rings. The van der Waals surface area contributed by atoms with Crippen LogP contribution in [-0.2, 0) is 28.6 Å². The quantitative estimate of drug-likeness (QED) is 0.0342. The zero-order valence-electron chi connectivity index (χ0n) is 42.4. The van der Waals surface area contributed by atoms with Crippen molar-refractivity contribution in [3.63, 3.8) is 0 Å². The summed E-state index contributed by atoms with van der Waals surface area (Å²) in [6.45, 7) is 16.9. The summed E-state index contributed by atoms with van der Waals surface area (Å²) in [5, 5.41) is 0. The molecule has 0 aromatic carbocycles. The van der Waals surface area contributed by atoms with Gasteiger partial charge in [0.2, 0.25) is 0 Å². The van der Waals surface area contributed by atoms with E-state index in [1.807, 2.05) is 41.8 Å². The van der Waals surface area contributed by atoms with Crippen molar-refractivity contribution < 1.29 is 28.6 Å². The molecule has 362 valence electrons. The Hall–Kier alpha value is -1.63. The van der Waals surface area contributed by atoms with Crippen molar-refractivity contribution in [2.45, 2.75) is 279 Å². The smallest absolute Gasteiger partial charge is 0.311 e. The Labute approximate surface area is 380 Å². The lowest BCUT2D eigenvalue weighted by atomic mass is 9.86. The zero-order valence-corrected chi connectivity index (χ0v) is 42.4. The van der Waals surface area contributed by atoms with Gasteiger partial charge in [0.05, 0.1) is 24.0 Å². The van der Waals surface area contributed by atoms with Crippen LogP contribution in [0.4, 0.5) is 0 Å². The summed E-state index contributed by atoms with van der Waals surface area (Å²) in [6.07, 6.45) is 39.5. The molecule has 0 heterocycles. The molecule has 7 heteroatoms. The molecule has 2 atom stereocenters. The molecular weight excluding hydrogens is 759 g/mol. The van der Waals surface area contributed by atoms with E-state index < -0.39 is 10.8 Å². The zero-order chi connectivity index (χ0) is 45.5. The third kappa shape index (κ3) is 36.4. The number of carbonyl (C=O) groups is 3. The Morgan fingerprint density at radius 3 is 1.28 bits per heavy atom.